The van der Waals surface area contributed by atoms with Gasteiger partial charge in [0.1, 0.15) is 17.6 Å². The molecule has 216 valence electrons. The summed E-state index contributed by atoms with van der Waals surface area (Å²) < 4.78 is 5.70. The van der Waals surface area contributed by atoms with Gasteiger partial charge >= 0.3 is 0 Å². The zero-order valence-electron chi connectivity index (χ0n) is 24.7. The van der Waals surface area contributed by atoms with E-state index in [2.05, 4.69) is 29.0 Å². The highest BCUT2D eigenvalue weighted by Crippen LogP contribution is 2.39. The average Bonchev–Trinajstić information content (AvgIpc) is 3.25. The molecule has 2 amide bonds. The molecule has 1 N–H and O–H groups in total. The van der Waals surface area contributed by atoms with Gasteiger partial charge in [-0.1, -0.05) is 25.7 Å². The van der Waals surface area contributed by atoms with E-state index in [9.17, 15) is 9.59 Å². The summed E-state index contributed by atoms with van der Waals surface area (Å²) >= 11 is 0. The topological polar surface area (TPSA) is 81.2 Å². The summed E-state index contributed by atoms with van der Waals surface area (Å²) in [6.07, 6.45) is 7.02. The molecule has 3 heterocycles. The van der Waals surface area contributed by atoms with Crippen LogP contribution in [0.15, 0.2) is 30.3 Å². The summed E-state index contributed by atoms with van der Waals surface area (Å²) in [5.41, 5.74) is 2.20. The normalized spacial score (nSPS) is 20.9. The molecule has 1 aromatic carbocycles. The fourth-order valence-corrected chi connectivity index (χ4v) is 6.38. The Morgan fingerprint density at radius 2 is 1.73 bits per heavy atom. The van der Waals surface area contributed by atoms with Crippen LogP contribution < -0.4 is 19.9 Å². The first-order valence-corrected chi connectivity index (χ1v) is 14.8. The van der Waals surface area contributed by atoms with Gasteiger partial charge in [0, 0.05) is 50.9 Å². The standard InChI is InChI=1S/C31H44N6O3/c1-21(2)35-16-18-36(19-17-35)31(39)23-12-13-25(27(20-23)40-5)32-28-15-14-26-29(33-28)37(22(3)30(38)34(26)4)24-10-8-6-7-9-11-24/h12-15,20-22,24H,6-11,16-19H2,1-5H3,(H,32,33)/t22-/m1/s1. The Morgan fingerprint density at radius 1 is 1.02 bits per heavy atom. The van der Waals surface area contributed by atoms with Gasteiger partial charge in [0.15, 0.2) is 5.82 Å². The fourth-order valence-electron chi connectivity index (χ4n) is 6.38. The van der Waals surface area contributed by atoms with E-state index in [1.54, 1.807) is 12.0 Å². The molecule has 2 aliphatic heterocycles. The lowest BCUT2D eigenvalue weighted by atomic mass is 10.0. The van der Waals surface area contributed by atoms with Crippen molar-refractivity contribution in [1.82, 2.24) is 14.8 Å². The molecule has 1 saturated carbocycles. The largest absolute Gasteiger partial charge is 0.495 e. The van der Waals surface area contributed by atoms with Gasteiger partial charge in [-0.25, -0.2) is 4.98 Å². The lowest BCUT2D eigenvalue weighted by Gasteiger charge is -2.43. The average molecular weight is 549 g/mol. The summed E-state index contributed by atoms with van der Waals surface area (Å²) in [4.78, 5) is 39.7. The van der Waals surface area contributed by atoms with Crippen molar-refractivity contribution in [3.05, 3.63) is 35.9 Å². The lowest BCUT2D eigenvalue weighted by molar-refractivity contribution is -0.119. The Kier molecular flexibility index (Phi) is 8.49. The second kappa shape index (κ2) is 12.0. The van der Waals surface area contributed by atoms with E-state index in [1.165, 1.54) is 25.7 Å². The number of hydrogen-bond acceptors (Lipinski definition) is 7. The number of ether oxygens (including phenoxy) is 1. The third-order valence-electron chi connectivity index (χ3n) is 8.83. The van der Waals surface area contributed by atoms with Gasteiger partial charge < -0.3 is 24.8 Å². The maximum absolute atomic E-state index is 13.3. The second-order valence-corrected chi connectivity index (χ2v) is 11.6. The number of rotatable bonds is 6. The van der Waals surface area contributed by atoms with Crippen LogP contribution in [0, 0.1) is 0 Å². The summed E-state index contributed by atoms with van der Waals surface area (Å²) in [5.74, 6) is 2.24. The first-order valence-electron chi connectivity index (χ1n) is 14.8. The molecule has 1 aromatic heterocycles. The molecule has 1 atom stereocenters. The third kappa shape index (κ3) is 5.61. The van der Waals surface area contributed by atoms with Crippen molar-refractivity contribution in [2.75, 3.05) is 55.5 Å². The van der Waals surface area contributed by atoms with Gasteiger partial charge in [-0.05, 0) is 63.9 Å². The van der Waals surface area contributed by atoms with Crippen LogP contribution in [0.4, 0.5) is 23.0 Å². The molecule has 0 spiro atoms. The molecule has 40 heavy (non-hydrogen) atoms. The van der Waals surface area contributed by atoms with Crippen LogP contribution in [-0.2, 0) is 4.79 Å². The predicted molar refractivity (Wildman–Crippen MR) is 160 cm³/mol. The maximum Gasteiger partial charge on any atom is 0.254 e. The molecule has 5 rings (SSSR count). The number of fused-ring (bicyclic) bond motifs is 1. The number of amides is 2. The molecule has 9 nitrogen and oxygen atoms in total. The third-order valence-corrected chi connectivity index (χ3v) is 8.83. The first kappa shape index (κ1) is 28.2. The Morgan fingerprint density at radius 3 is 2.38 bits per heavy atom. The molecular formula is C31H44N6O3. The van der Waals surface area contributed by atoms with E-state index < -0.39 is 0 Å². The molecule has 9 heteroatoms. The van der Waals surface area contributed by atoms with Gasteiger partial charge in [0.25, 0.3) is 5.91 Å². The Hall–Kier alpha value is -3.33. The van der Waals surface area contributed by atoms with Crippen LogP contribution in [0.2, 0.25) is 0 Å². The zero-order chi connectivity index (χ0) is 28.4. The lowest BCUT2D eigenvalue weighted by Crippen LogP contribution is -2.55. The first-order chi connectivity index (χ1) is 19.3. The Labute approximate surface area is 238 Å². The number of hydrogen-bond donors (Lipinski definition) is 1. The number of aromatic nitrogens is 1. The number of nitrogens with zero attached hydrogens (tertiary/aromatic N) is 5. The highest BCUT2D eigenvalue weighted by atomic mass is 16.5. The molecular weight excluding hydrogens is 504 g/mol. The number of pyridine rings is 1. The molecule has 3 aliphatic rings. The van der Waals surface area contributed by atoms with Crippen molar-refractivity contribution in [1.29, 1.82) is 0 Å². The maximum atomic E-state index is 13.3. The van der Waals surface area contributed by atoms with E-state index in [0.29, 0.717) is 29.2 Å². The van der Waals surface area contributed by atoms with Crippen molar-refractivity contribution in [3.8, 4) is 5.75 Å². The van der Waals surface area contributed by atoms with Gasteiger partial charge in [-0.2, -0.15) is 0 Å². The molecule has 0 bridgehead atoms. The number of methoxy groups -OCH3 is 1. The quantitative estimate of drug-likeness (QED) is 0.515. The predicted octanol–water partition coefficient (Wildman–Crippen LogP) is 4.89. The fraction of sp³-hybridized carbons (Fsp3) is 0.581. The van der Waals surface area contributed by atoms with Crippen molar-refractivity contribution in [2.24, 2.45) is 0 Å². The van der Waals surface area contributed by atoms with Crippen molar-refractivity contribution in [3.63, 3.8) is 0 Å². The minimum absolute atomic E-state index is 0.0286. The molecule has 2 fully saturated rings. The minimum Gasteiger partial charge on any atom is -0.495 e. The number of likely N-dealkylation sites (N-methyl/N-ethyl adjacent to an activating group) is 1. The summed E-state index contributed by atoms with van der Waals surface area (Å²) in [5, 5.41) is 3.42. The van der Waals surface area contributed by atoms with E-state index in [0.717, 1.165) is 56.2 Å². The van der Waals surface area contributed by atoms with Crippen LogP contribution in [0.3, 0.4) is 0 Å². The number of nitrogens with one attached hydrogen (secondary N) is 1. The Bertz CT molecular complexity index is 1220. The van der Waals surface area contributed by atoms with Crippen molar-refractivity contribution < 1.29 is 14.3 Å². The number of benzene rings is 1. The molecule has 1 saturated heterocycles. The van der Waals surface area contributed by atoms with Gasteiger partial charge in [0.05, 0.1) is 18.5 Å². The summed E-state index contributed by atoms with van der Waals surface area (Å²) in [6.45, 7) is 9.62. The Balaban J connectivity index is 1.37. The van der Waals surface area contributed by atoms with Crippen LogP contribution in [0.1, 0.15) is 69.7 Å². The number of anilines is 4. The summed E-state index contributed by atoms with van der Waals surface area (Å²) in [7, 11) is 3.45. The van der Waals surface area contributed by atoms with E-state index in [-0.39, 0.29) is 17.9 Å². The van der Waals surface area contributed by atoms with Crippen LogP contribution in [-0.4, -0.2) is 85.1 Å². The minimum atomic E-state index is -0.259. The van der Waals surface area contributed by atoms with E-state index in [1.807, 2.05) is 49.2 Å². The highest BCUT2D eigenvalue weighted by Gasteiger charge is 2.38. The summed E-state index contributed by atoms with van der Waals surface area (Å²) in [6, 6.07) is 9.96. The van der Waals surface area contributed by atoms with Crippen LogP contribution in [0.25, 0.3) is 0 Å². The zero-order valence-corrected chi connectivity index (χ0v) is 24.7. The van der Waals surface area contributed by atoms with Crippen LogP contribution >= 0.6 is 0 Å². The van der Waals surface area contributed by atoms with E-state index in [4.69, 9.17) is 9.72 Å². The van der Waals surface area contributed by atoms with Gasteiger partial charge in [0.2, 0.25) is 5.91 Å². The van der Waals surface area contributed by atoms with Crippen molar-refractivity contribution in [2.45, 2.75) is 77.4 Å². The number of carbonyl (C=O) groups is 2. The molecule has 1 aliphatic carbocycles. The SMILES string of the molecule is COc1cc(C(=O)N2CCN(C(C)C)CC2)ccc1Nc1ccc2c(n1)N(C1CCCCCC1)[C@H](C)C(=O)N2C. The molecule has 2 aromatic rings. The number of carbonyl (C=O) groups excluding carboxylic acids is 2. The molecule has 0 unspecified atom stereocenters. The van der Waals surface area contributed by atoms with Gasteiger partial charge in [-0.15, -0.1) is 0 Å². The second-order valence-electron chi connectivity index (χ2n) is 11.6. The van der Waals surface area contributed by atoms with E-state index >= 15 is 0 Å². The monoisotopic (exact) mass is 548 g/mol. The van der Waals surface area contributed by atoms with Crippen LogP contribution in [0.5, 0.6) is 5.75 Å². The van der Waals surface area contributed by atoms with Crippen molar-refractivity contribution >= 4 is 34.8 Å². The highest BCUT2D eigenvalue weighted by molar-refractivity contribution is 6.04. The number of piperazine rings is 1. The smallest absolute Gasteiger partial charge is 0.254 e. The molecule has 0 radical (unpaired) electrons. The van der Waals surface area contributed by atoms with Gasteiger partial charge in [-0.3, -0.25) is 14.5 Å².